The largest absolute Gasteiger partial charge is 0.383 e. The molecule has 0 aromatic heterocycles. The Morgan fingerprint density at radius 3 is 2.47 bits per heavy atom. The molecule has 0 aliphatic heterocycles. The molecule has 1 saturated carbocycles. The molecule has 1 aliphatic carbocycles. The molecule has 5 heteroatoms. The van der Waals surface area contributed by atoms with Crippen molar-refractivity contribution in [1.29, 1.82) is 0 Å². The van der Waals surface area contributed by atoms with Crippen LogP contribution in [0.15, 0.2) is 0 Å². The molecule has 1 fully saturated rings. The van der Waals surface area contributed by atoms with Crippen molar-refractivity contribution in [1.82, 2.24) is 4.90 Å². The van der Waals surface area contributed by atoms with Crippen LogP contribution in [0.1, 0.15) is 26.7 Å². The van der Waals surface area contributed by atoms with Crippen molar-refractivity contribution in [2.45, 2.75) is 38.3 Å². The summed E-state index contributed by atoms with van der Waals surface area (Å²) in [6.07, 6.45) is 2.02. The summed E-state index contributed by atoms with van der Waals surface area (Å²) in [6.45, 7) is 6.10. The van der Waals surface area contributed by atoms with Gasteiger partial charge in [0.15, 0.2) is 0 Å². The Morgan fingerprint density at radius 2 is 2.12 bits per heavy atom. The molecule has 0 aromatic carbocycles. The summed E-state index contributed by atoms with van der Waals surface area (Å²) in [5.74, 6) is -0.133. The first-order chi connectivity index (χ1) is 7.91. The van der Waals surface area contributed by atoms with Gasteiger partial charge in [0.2, 0.25) is 5.91 Å². The zero-order valence-electron chi connectivity index (χ0n) is 11.1. The van der Waals surface area contributed by atoms with E-state index in [9.17, 15) is 4.79 Å². The Morgan fingerprint density at radius 1 is 1.53 bits per heavy atom. The van der Waals surface area contributed by atoms with E-state index in [1.807, 2.05) is 0 Å². The summed E-state index contributed by atoms with van der Waals surface area (Å²) in [5, 5.41) is 0. The van der Waals surface area contributed by atoms with Crippen LogP contribution in [-0.4, -0.2) is 49.2 Å². The van der Waals surface area contributed by atoms with Crippen LogP contribution < -0.4 is 11.5 Å². The average molecular weight is 243 g/mol. The van der Waals surface area contributed by atoms with Gasteiger partial charge in [-0.15, -0.1) is 0 Å². The number of rotatable bonds is 8. The van der Waals surface area contributed by atoms with Crippen LogP contribution in [0, 0.1) is 5.92 Å². The number of nitrogens with two attached hydrogens (primary N) is 2. The lowest BCUT2D eigenvalue weighted by molar-refractivity contribution is -0.125. The van der Waals surface area contributed by atoms with Crippen LogP contribution >= 0.6 is 0 Å². The number of nitrogens with zero attached hydrogens (tertiary/aromatic N) is 1. The molecule has 1 amide bonds. The van der Waals surface area contributed by atoms with Gasteiger partial charge in [-0.2, -0.15) is 0 Å². The number of hydrogen-bond donors (Lipinski definition) is 2. The summed E-state index contributed by atoms with van der Waals surface area (Å²) in [6, 6.07) is 0.325. The molecule has 1 aliphatic rings. The lowest BCUT2D eigenvalue weighted by Gasteiger charge is -2.35. The maximum atomic E-state index is 11.6. The van der Waals surface area contributed by atoms with Gasteiger partial charge in [-0.25, -0.2) is 0 Å². The lowest BCUT2D eigenvalue weighted by atomic mass is 9.92. The third-order valence-electron chi connectivity index (χ3n) is 3.54. The highest BCUT2D eigenvalue weighted by Gasteiger charge is 2.47. The quantitative estimate of drug-likeness (QED) is 0.625. The highest BCUT2D eigenvalue weighted by atomic mass is 16.5. The number of amides is 1. The molecule has 4 N–H and O–H groups in total. The summed E-state index contributed by atoms with van der Waals surface area (Å²) in [4.78, 5) is 13.7. The van der Waals surface area contributed by atoms with E-state index in [0.717, 1.165) is 19.4 Å². The lowest BCUT2D eigenvalue weighted by Crippen LogP contribution is -2.61. The van der Waals surface area contributed by atoms with Crippen molar-refractivity contribution in [3.8, 4) is 0 Å². The molecule has 0 spiro atoms. The predicted octanol–water partition coefficient (Wildman–Crippen LogP) is -0.0640. The highest BCUT2D eigenvalue weighted by molar-refractivity contribution is 5.85. The van der Waals surface area contributed by atoms with Gasteiger partial charge in [0, 0.05) is 26.2 Å². The molecule has 100 valence electrons. The monoisotopic (exact) mass is 243 g/mol. The first-order valence-electron chi connectivity index (χ1n) is 6.23. The predicted molar refractivity (Wildman–Crippen MR) is 67.4 cm³/mol. The van der Waals surface area contributed by atoms with E-state index < -0.39 is 5.54 Å². The van der Waals surface area contributed by atoms with Crippen molar-refractivity contribution >= 4 is 5.91 Å². The smallest absolute Gasteiger partial charge is 0.239 e. The SMILES string of the molecule is COCCN(CC(N)(C(N)=O)C1CC1)C(C)C. The van der Waals surface area contributed by atoms with E-state index in [2.05, 4.69) is 18.7 Å². The summed E-state index contributed by atoms with van der Waals surface area (Å²) < 4.78 is 5.07. The third kappa shape index (κ3) is 3.66. The molecule has 0 radical (unpaired) electrons. The normalized spacial score (nSPS) is 19.6. The molecule has 1 unspecified atom stereocenters. The fraction of sp³-hybridized carbons (Fsp3) is 0.917. The Bertz CT molecular complexity index is 266. The standard InChI is InChI=1S/C12H25N3O2/c1-9(2)15(6-7-17-3)8-12(14,11(13)16)10-4-5-10/h9-10H,4-8,14H2,1-3H3,(H2,13,16). The summed E-state index contributed by atoms with van der Waals surface area (Å²) in [7, 11) is 1.67. The molecule has 0 heterocycles. The molecular formula is C12H25N3O2. The van der Waals surface area contributed by atoms with E-state index in [4.69, 9.17) is 16.2 Å². The van der Waals surface area contributed by atoms with Crippen LogP contribution in [0.3, 0.4) is 0 Å². The minimum absolute atomic E-state index is 0.254. The van der Waals surface area contributed by atoms with Crippen LogP contribution in [0.25, 0.3) is 0 Å². The van der Waals surface area contributed by atoms with Crippen LogP contribution in [0.5, 0.6) is 0 Å². The number of primary amides is 1. The van der Waals surface area contributed by atoms with E-state index in [1.165, 1.54) is 0 Å². The highest BCUT2D eigenvalue weighted by Crippen LogP contribution is 2.38. The van der Waals surface area contributed by atoms with Gasteiger partial charge in [0.25, 0.3) is 0 Å². The van der Waals surface area contributed by atoms with Crippen molar-refractivity contribution in [2.24, 2.45) is 17.4 Å². The van der Waals surface area contributed by atoms with Gasteiger partial charge in [0.1, 0.15) is 5.54 Å². The molecule has 0 bridgehead atoms. The Kier molecular flexibility index (Phi) is 4.91. The van der Waals surface area contributed by atoms with E-state index in [-0.39, 0.29) is 11.8 Å². The van der Waals surface area contributed by atoms with E-state index >= 15 is 0 Å². The number of hydrogen-bond acceptors (Lipinski definition) is 4. The van der Waals surface area contributed by atoms with E-state index in [1.54, 1.807) is 7.11 Å². The maximum Gasteiger partial charge on any atom is 0.239 e. The fourth-order valence-corrected chi connectivity index (χ4v) is 2.07. The number of ether oxygens (including phenoxy) is 1. The second kappa shape index (κ2) is 5.80. The molecule has 0 saturated heterocycles. The van der Waals surface area contributed by atoms with Crippen LogP contribution in [0.2, 0.25) is 0 Å². The average Bonchev–Trinajstić information content (AvgIpc) is 3.06. The Hall–Kier alpha value is -0.650. The van der Waals surface area contributed by atoms with Gasteiger partial charge in [-0.05, 0) is 32.6 Å². The Labute approximate surface area is 103 Å². The first-order valence-corrected chi connectivity index (χ1v) is 6.23. The van der Waals surface area contributed by atoms with Crippen molar-refractivity contribution in [2.75, 3.05) is 26.8 Å². The van der Waals surface area contributed by atoms with E-state index in [0.29, 0.717) is 19.2 Å². The fourth-order valence-electron chi connectivity index (χ4n) is 2.07. The molecular weight excluding hydrogens is 218 g/mol. The zero-order valence-corrected chi connectivity index (χ0v) is 11.1. The molecule has 1 atom stereocenters. The minimum atomic E-state index is -0.877. The van der Waals surface area contributed by atoms with Gasteiger partial charge in [-0.1, -0.05) is 0 Å². The van der Waals surface area contributed by atoms with Gasteiger partial charge in [-0.3, -0.25) is 9.69 Å². The van der Waals surface area contributed by atoms with Crippen molar-refractivity contribution < 1.29 is 9.53 Å². The number of carbonyl (C=O) groups is 1. The van der Waals surface area contributed by atoms with Crippen LogP contribution in [0.4, 0.5) is 0 Å². The minimum Gasteiger partial charge on any atom is -0.383 e. The maximum absolute atomic E-state index is 11.6. The third-order valence-corrected chi connectivity index (χ3v) is 3.54. The molecule has 17 heavy (non-hydrogen) atoms. The second-order valence-electron chi connectivity index (χ2n) is 5.24. The van der Waals surface area contributed by atoms with Gasteiger partial charge >= 0.3 is 0 Å². The van der Waals surface area contributed by atoms with Crippen molar-refractivity contribution in [3.05, 3.63) is 0 Å². The number of carbonyl (C=O) groups excluding carboxylic acids is 1. The molecule has 5 nitrogen and oxygen atoms in total. The first kappa shape index (κ1) is 14.4. The van der Waals surface area contributed by atoms with Crippen LogP contribution in [-0.2, 0) is 9.53 Å². The van der Waals surface area contributed by atoms with Crippen molar-refractivity contribution in [3.63, 3.8) is 0 Å². The second-order valence-corrected chi connectivity index (χ2v) is 5.24. The van der Waals surface area contributed by atoms with Gasteiger partial charge < -0.3 is 16.2 Å². The molecule has 1 rings (SSSR count). The Balaban J connectivity index is 2.65. The summed E-state index contributed by atoms with van der Waals surface area (Å²) in [5.41, 5.74) is 10.8. The molecule has 0 aromatic rings. The number of methoxy groups -OCH3 is 1. The van der Waals surface area contributed by atoms with Gasteiger partial charge in [0.05, 0.1) is 6.61 Å². The summed E-state index contributed by atoms with van der Waals surface area (Å²) >= 11 is 0. The zero-order chi connectivity index (χ0) is 13.1. The topological polar surface area (TPSA) is 81.6 Å².